The molecule has 0 unspecified atom stereocenters. The molecule has 0 aliphatic carbocycles. The van der Waals surface area contributed by atoms with Gasteiger partial charge in [0.1, 0.15) is 12.3 Å². The van der Waals surface area contributed by atoms with Crippen molar-refractivity contribution < 1.29 is 20.1 Å². The largest absolute Gasteiger partial charge is 0.508 e. The molecule has 134 valence electrons. The third-order valence-corrected chi connectivity index (χ3v) is 3.99. The van der Waals surface area contributed by atoms with E-state index in [9.17, 15) is 15.0 Å². The third kappa shape index (κ3) is 6.10. The molecular weight excluding hydrogens is 320 g/mol. The zero-order valence-corrected chi connectivity index (χ0v) is 14.1. The van der Waals surface area contributed by atoms with E-state index in [0.717, 1.165) is 23.2 Å². The second-order valence-electron chi connectivity index (χ2n) is 5.97. The molecule has 25 heavy (non-hydrogen) atoms. The lowest BCUT2D eigenvalue weighted by Gasteiger charge is -2.21. The molecule has 2 aromatic rings. The summed E-state index contributed by atoms with van der Waals surface area (Å²) in [6, 6.07) is 14.0. The van der Waals surface area contributed by atoms with Gasteiger partial charge in [0.2, 0.25) is 0 Å². The van der Waals surface area contributed by atoms with E-state index < -0.39 is 12.1 Å². The van der Waals surface area contributed by atoms with Crippen LogP contribution in [-0.2, 0) is 11.2 Å². The van der Waals surface area contributed by atoms with Crippen LogP contribution in [0.1, 0.15) is 24.2 Å². The second-order valence-corrected chi connectivity index (χ2v) is 5.97. The van der Waals surface area contributed by atoms with Gasteiger partial charge in [0, 0.05) is 11.7 Å². The molecular formula is C19H24N2O4. The summed E-state index contributed by atoms with van der Waals surface area (Å²) >= 11 is 0. The van der Waals surface area contributed by atoms with Crippen LogP contribution in [0.25, 0.3) is 0 Å². The van der Waals surface area contributed by atoms with E-state index in [2.05, 4.69) is 10.6 Å². The Kier molecular flexibility index (Phi) is 6.80. The van der Waals surface area contributed by atoms with Gasteiger partial charge in [-0.25, -0.2) is 0 Å². The zero-order valence-electron chi connectivity index (χ0n) is 14.1. The van der Waals surface area contributed by atoms with Gasteiger partial charge in [0.15, 0.2) is 0 Å². The fraction of sp³-hybridized carbons (Fsp3) is 0.316. The SMILES string of the molecule is C[C@H](NCCc1ccc(NCC(=O)O)cc1)[C@H](O)c1ccc(O)cc1. The maximum absolute atomic E-state index is 10.5. The van der Waals surface area contributed by atoms with Gasteiger partial charge in [-0.15, -0.1) is 0 Å². The fourth-order valence-corrected chi connectivity index (χ4v) is 2.48. The first-order valence-electron chi connectivity index (χ1n) is 8.20. The lowest BCUT2D eigenvalue weighted by Crippen LogP contribution is -2.33. The summed E-state index contributed by atoms with van der Waals surface area (Å²) in [5.74, 6) is -0.715. The van der Waals surface area contributed by atoms with E-state index >= 15 is 0 Å². The van der Waals surface area contributed by atoms with E-state index in [1.165, 1.54) is 0 Å². The van der Waals surface area contributed by atoms with Crippen LogP contribution in [0.4, 0.5) is 5.69 Å². The lowest BCUT2D eigenvalue weighted by molar-refractivity contribution is -0.134. The minimum Gasteiger partial charge on any atom is -0.508 e. The van der Waals surface area contributed by atoms with Crippen LogP contribution in [-0.4, -0.2) is 40.4 Å². The quantitative estimate of drug-likeness (QED) is 0.478. The lowest BCUT2D eigenvalue weighted by atomic mass is 10.0. The van der Waals surface area contributed by atoms with Gasteiger partial charge in [-0.2, -0.15) is 0 Å². The molecule has 0 saturated heterocycles. The number of aromatic hydroxyl groups is 1. The topological polar surface area (TPSA) is 102 Å². The number of phenols is 1. The number of aliphatic carboxylic acids is 1. The van der Waals surface area contributed by atoms with Crippen molar-refractivity contribution in [1.82, 2.24) is 5.32 Å². The highest BCUT2D eigenvalue weighted by molar-refractivity contribution is 5.72. The van der Waals surface area contributed by atoms with E-state index in [1.54, 1.807) is 24.3 Å². The Morgan fingerprint density at radius 3 is 2.32 bits per heavy atom. The average Bonchev–Trinajstić information content (AvgIpc) is 2.61. The van der Waals surface area contributed by atoms with Crippen molar-refractivity contribution in [1.29, 1.82) is 0 Å². The molecule has 0 spiro atoms. The number of hydrogen-bond donors (Lipinski definition) is 5. The Hall–Kier alpha value is -2.57. The molecule has 6 heteroatoms. The highest BCUT2D eigenvalue weighted by atomic mass is 16.4. The predicted molar refractivity (Wildman–Crippen MR) is 96.8 cm³/mol. The Morgan fingerprint density at radius 1 is 1.08 bits per heavy atom. The summed E-state index contributed by atoms with van der Waals surface area (Å²) < 4.78 is 0. The van der Waals surface area contributed by atoms with Crippen molar-refractivity contribution >= 4 is 11.7 Å². The second kappa shape index (κ2) is 9.05. The van der Waals surface area contributed by atoms with Gasteiger partial charge in [-0.1, -0.05) is 24.3 Å². The molecule has 0 aromatic heterocycles. The van der Waals surface area contributed by atoms with E-state index in [1.807, 2.05) is 31.2 Å². The number of aliphatic hydroxyl groups is 1. The molecule has 0 aliphatic rings. The molecule has 0 bridgehead atoms. The minimum atomic E-state index is -0.894. The van der Waals surface area contributed by atoms with Crippen LogP contribution >= 0.6 is 0 Å². The van der Waals surface area contributed by atoms with Crippen molar-refractivity contribution in [2.75, 3.05) is 18.4 Å². The Morgan fingerprint density at radius 2 is 1.72 bits per heavy atom. The number of carboxylic acid groups (broad SMARTS) is 1. The van der Waals surface area contributed by atoms with Gasteiger partial charge < -0.3 is 26.0 Å². The van der Waals surface area contributed by atoms with Crippen molar-refractivity contribution in [3.05, 3.63) is 59.7 Å². The maximum atomic E-state index is 10.5. The number of benzene rings is 2. The van der Waals surface area contributed by atoms with Crippen molar-refractivity contribution in [2.45, 2.75) is 25.5 Å². The van der Waals surface area contributed by atoms with Crippen LogP contribution in [0.2, 0.25) is 0 Å². The summed E-state index contributed by atoms with van der Waals surface area (Å²) in [5, 5.41) is 34.4. The minimum absolute atomic E-state index is 0.104. The monoisotopic (exact) mass is 344 g/mol. The first-order valence-corrected chi connectivity index (χ1v) is 8.20. The highest BCUT2D eigenvalue weighted by Gasteiger charge is 2.15. The Balaban J connectivity index is 1.77. The molecule has 5 N–H and O–H groups in total. The number of rotatable bonds is 9. The number of nitrogens with one attached hydrogen (secondary N) is 2. The van der Waals surface area contributed by atoms with Crippen molar-refractivity contribution in [2.24, 2.45) is 0 Å². The molecule has 6 nitrogen and oxygen atoms in total. The Bertz CT molecular complexity index is 671. The first-order chi connectivity index (χ1) is 12.0. The first kappa shape index (κ1) is 18.8. The molecule has 2 atom stereocenters. The molecule has 0 saturated carbocycles. The number of aliphatic hydroxyl groups excluding tert-OH is 1. The highest BCUT2D eigenvalue weighted by Crippen LogP contribution is 2.19. The maximum Gasteiger partial charge on any atom is 0.322 e. The molecule has 0 heterocycles. The summed E-state index contributed by atoms with van der Waals surface area (Å²) in [6.45, 7) is 2.52. The van der Waals surface area contributed by atoms with Crippen LogP contribution < -0.4 is 10.6 Å². The van der Waals surface area contributed by atoms with Crippen LogP contribution in [0.5, 0.6) is 5.75 Å². The summed E-state index contributed by atoms with van der Waals surface area (Å²) in [5.41, 5.74) is 2.65. The van der Waals surface area contributed by atoms with Gasteiger partial charge in [-0.3, -0.25) is 4.79 Å². The van der Waals surface area contributed by atoms with E-state index in [4.69, 9.17) is 5.11 Å². The zero-order chi connectivity index (χ0) is 18.2. The van der Waals surface area contributed by atoms with Crippen LogP contribution in [0.3, 0.4) is 0 Å². The van der Waals surface area contributed by atoms with Gasteiger partial charge in [-0.05, 0) is 55.3 Å². The predicted octanol–water partition coefficient (Wildman–Crippen LogP) is 2.14. The summed E-state index contributed by atoms with van der Waals surface area (Å²) in [4.78, 5) is 10.5. The number of carboxylic acids is 1. The van der Waals surface area contributed by atoms with Gasteiger partial charge in [0.25, 0.3) is 0 Å². The smallest absolute Gasteiger partial charge is 0.322 e. The Labute approximate surface area is 147 Å². The standard InChI is InChI=1S/C19H24N2O4/c1-13(19(25)15-4-8-17(22)9-5-15)20-11-10-14-2-6-16(7-3-14)21-12-18(23)24/h2-9,13,19-22,25H,10-12H2,1H3,(H,23,24)/t13-,19-/m0/s1. The average molecular weight is 344 g/mol. The van der Waals surface area contributed by atoms with E-state index in [0.29, 0.717) is 6.54 Å². The van der Waals surface area contributed by atoms with Crippen LogP contribution in [0.15, 0.2) is 48.5 Å². The number of hydrogen-bond acceptors (Lipinski definition) is 5. The molecule has 0 radical (unpaired) electrons. The normalized spacial score (nSPS) is 13.2. The fourth-order valence-electron chi connectivity index (χ4n) is 2.48. The molecule has 0 aliphatic heterocycles. The molecule has 2 aromatic carbocycles. The van der Waals surface area contributed by atoms with Gasteiger partial charge in [0.05, 0.1) is 6.10 Å². The van der Waals surface area contributed by atoms with E-state index in [-0.39, 0.29) is 18.3 Å². The molecule has 0 amide bonds. The summed E-state index contributed by atoms with van der Waals surface area (Å²) in [7, 11) is 0. The molecule has 2 rings (SSSR count). The van der Waals surface area contributed by atoms with Crippen LogP contribution in [0, 0.1) is 0 Å². The summed E-state index contributed by atoms with van der Waals surface area (Å²) in [6.07, 6.45) is 0.148. The number of anilines is 1. The van der Waals surface area contributed by atoms with Crippen molar-refractivity contribution in [3.8, 4) is 5.75 Å². The number of phenolic OH excluding ortho intramolecular Hbond substituents is 1. The van der Waals surface area contributed by atoms with Crippen molar-refractivity contribution in [3.63, 3.8) is 0 Å². The third-order valence-electron chi connectivity index (χ3n) is 3.99. The van der Waals surface area contributed by atoms with Gasteiger partial charge >= 0.3 is 5.97 Å². The molecule has 0 fully saturated rings. The number of carbonyl (C=O) groups is 1.